The van der Waals surface area contributed by atoms with Crippen molar-refractivity contribution in [2.45, 2.75) is 6.92 Å². The van der Waals surface area contributed by atoms with Gasteiger partial charge < -0.3 is 15.2 Å². The monoisotopic (exact) mass is 240 g/mol. The van der Waals surface area contributed by atoms with E-state index in [1.807, 2.05) is 19.1 Å². The molecule has 4 nitrogen and oxygen atoms in total. The molecular formula is C11H16N2O2S. The van der Waals surface area contributed by atoms with Gasteiger partial charge in [0, 0.05) is 6.07 Å². The van der Waals surface area contributed by atoms with Crippen molar-refractivity contribution in [1.82, 2.24) is 0 Å². The number of hydrogen-bond donors (Lipinski definition) is 1. The number of rotatable bonds is 4. The van der Waals surface area contributed by atoms with Gasteiger partial charge in [-0.25, -0.2) is 4.99 Å². The normalized spacial score (nSPS) is 11.3. The molecule has 1 aromatic carbocycles. The van der Waals surface area contributed by atoms with Crippen LogP contribution >= 0.6 is 11.8 Å². The van der Waals surface area contributed by atoms with E-state index in [4.69, 9.17) is 15.2 Å². The highest BCUT2D eigenvalue weighted by Crippen LogP contribution is 2.31. The molecule has 0 aliphatic carbocycles. The zero-order valence-corrected chi connectivity index (χ0v) is 10.5. The Kier molecular flexibility index (Phi) is 4.98. The highest BCUT2D eigenvalue weighted by molar-refractivity contribution is 8.13. The number of hydrogen-bond acceptors (Lipinski definition) is 4. The first-order chi connectivity index (χ1) is 7.71. The molecule has 0 saturated carbocycles. The fourth-order valence-electron chi connectivity index (χ4n) is 1.20. The Balaban J connectivity index is 2.94. The average molecular weight is 240 g/mol. The van der Waals surface area contributed by atoms with E-state index in [9.17, 15) is 0 Å². The summed E-state index contributed by atoms with van der Waals surface area (Å²) in [5.41, 5.74) is 6.48. The number of nitrogens with two attached hydrogens (primary N) is 1. The van der Waals surface area contributed by atoms with Crippen LogP contribution in [0.1, 0.15) is 6.92 Å². The lowest BCUT2D eigenvalue weighted by atomic mass is 10.3. The number of methoxy groups -OCH3 is 2. The molecular weight excluding hydrogens is 224 g/mol. The third-order valence-corrected chi connectivity index (χ3v) is 2.57. The summed E-state index contributed by atoms with van der Waals surface area (Å²) in [5, 5.41) is 0.551. The first-order valence-electron chi connectivity index (χ1n) is 4.90. The van der Waals surface area contributed by atoms with Crippen LogP contribution in [0, 0.1) is 0 Å². The quantitative estimate of drug-likeness (QED) is 0.648. The van der Waals surface area contributed by atoms with Crippen molar-refractivity contribution in [1.29, 1.82) is 0 Å². The molecule has 0 fully saturated rings. The molecule has 5 heteroatoms. The van der Waals surface area contributed by atoms with Crippen LogP contribution in [0.3, 0.4) is 0 Å². The molecule has 0 heterocycles. The van der Waals surface area contributed by atoms with Gasteiger partial charge in [-0.1, -0.05) is 18.7 Å². The van der Waals surface area contributed by atoms with Gasteiger partial charge in [0.15, 0.2) is 16.7 Å². The van der Waals surface area contributed by atoms with Gasteiger partial charge in [0.25, 0.3) is 0 Å². The maximum Gasteiger partial charge on any atom is 0.162 e. The number of ether oxygens (including phenoxy) is 2. The molecule has 0 spiro atoms. The van der Waals surface area contributed by atoms with Crippen LogP contribution < -0.4 is 15.2 Å². The predicted octanol–water partition coefficient (Wildman–Crippen LogP) is 2.40. The van der Waals surface area contributed by atoms with Crippen LogP contribution in [0.4, 0.5) is 5.69 Å². The smallest absolute Gasteiger partial charge is 0.162 e. The second-order valence-electron chi connectivity index (χ2n) is 2.92. The van der Waals surface area contributed by atoms with Crippen LogP contribution in [0.25, 0.3) is 0 Å². The van der Waals surface area contributed by atoms with E-state index in [1.54, 1.807) is 20.3 Å². The Morgan fingerprint density at radius 1 is 1.31 bits per heavy atom. The third-order valence-electron chi connectivity index (χ3n) is 1.90. The molecule has 16 heavy (non-hydrogen) atoms. The minimum absolute atomic E-state index is 0.551. The molecule has 0 unspecified atom stereocenters. The molecule has 2 N–H and O–H groups in total. The fraction of sp³-hybridized carbons (Fsp3) is 0.364. The van der Waals surface area contributed by atoms with Gasteiger partial charge in [-0.05, 0) is 17.9 Å². The largest absolute Gasteiger partial charge is 0.493 e. The summed E-state index contributed by atoms with van der Waals surface area (Å²) >= 11 is 1.51. The van der Waals surface area contributed by atoms with Crippen molar-refractivity contribution in [3.8, 4) is 11.5 Å². The lowest BCUT2D eigenvalue weighted by Crippen LogP contribution is -2.05. The number of amidine groups is 1. The molecule has 0 amide bonds. The lowest BCUT2D eigenvalue weighted by molar-refractivity contribution is 0.355. The Morgan fingerprint density at radius 3 is 2.56 bits per heavy atom. The maximum absolute atomic E-state index is 5.72. The molecule has 0 aliphatic heterocycles. The molecule has 0 aromatic heterocycles. The van der Waals surface area contributed by atoms with Gasteiger partial charge in [0.2, 0.25) is 0 Å². The summed E-state index contributed by atoms with van der Waals surface area (Å²) in [7, 11) is 3.19. The minimum atomic E-state index is 0.551. The summed E-state index contributed by atoms with van der Waals surface area (Å²) in [6, 6.07) is 5.44. The number of aliphatic imine (C=N–C) groups is 1. The zero-order chi connectivity index (χ0) is 12.0. The van der Waals surface area contributed by atoms with Crippen LogP contribution in [-0.2, 0) is 0 Å². The van der Waals surface area contributed by atoms with E-state index in [0.29, 0.717) is 16.7 Å². The van der Waals surface area contributed by atoms with Gasteiger partial charge in [-0.2, -0.15) is 0 Å². The van der Waals surface area contributed by atoms with Crippen molar-refractivity contribution in [3.63, 3.8) is 0 Å². The van der Waals surface area contributed by atoms with Gasteiger partial charge in [0.1, 0.15) is 0 Å². The van der Waals surface area contributed by atoms with E-state index in [2.05, 4.69) is 4.99 Å². The molecule has 0 bridgehead atoms. The Labute approximate surface area is 99.8 Å². The second-order valence-corrected chi connectivity index (χ2v) is 4.21. The lowest BCUT2D eigenvalue weighted by Gasteiger charge is -2.07. The first kappa shape index (κ1) is 12.7. The number of nitrogens with zero attached hydrogens (tertiary/aromatic N) is 1. The van der Waals surface area contributed by atoms with Crippen molar-refractivity contribution in [2.24, 2.45) is 10.7 Å². The molecule has 1 rings (SSSR count). The molecule has 1 aromatic rings. The van der Waals surface area contributed by atoms with E-state index in [1.165, 1.54) is 11.8 Å². The Morgan fingerprint density at radius 2 is 2.00 bits per heavy atom. The van der Waals surface area contributed by atoms with Crippen LogP contribution in [-0.4, -0.2) is 25.1 Å². The summed E-state index contributed by atoms with van der Waals surface area (Å²) in [6.45, 7) is 2.03. The first-order valence-corrected chi connectivity index (χ1v) is 5.88. The minimum Gasteiger partial charge on any atom is -0.493 e. The molecule has 0 radical (unpaired) electrons. The zero-order valence-electron chi connectivity index (χ0n) is 9.69. The third kappa shape index (κ3) is 3.34. The second kappa shape index (κ2) is 6.27. The van der Waals surface area contributed by atoms with E-state index < -0.39 is 0 Å². The van der Waals surface area contributed by atoms with Crippen LogP contribution in [0.15, 0.2) is 23.2 Å². The Bertz CT molecular complexity index is 380. The van der Waals surface area contributed by atoms with Crippen molar-refractivity contribution in [3.05, 3.63) is 18.2 Å². The van der Waals surface area contributed by atoms with Crippen molar-refractivity contribution in [2.75, 3.05) is 20.0 Å². The van der Waals surface area contributed by atoms with Gasteiger partial charge in [-0.15, -0.1) is 0 Å². The predicted molar refractivity (Wildman–Crippen MR) is 69.0 cm³/mol. The fourth-order valence-corrected chi connectivity index (χ4v) is 1.67. The SMILES string of the molecule is CCSC(N)=Nc1ccc(OC)c(OC)c1. The standard InChI is InChI=1S/C11H16N2O2S/c1-4-16-11(12)13-8-5-6-9(14-2)10(7-8)15-3/h5-7H,4H2,1-3H3,(H2,12,13). The summed E-state index contributed by atoms with van der Waals surface area (Å²) in [5.74, 6) is 2.24. The maximum atomic E-state index is 5.72. The summed E-state index contributed by atoms with van der Waals surface area (Å²) in [6.07, 6.45) is 0. The number of thioether (sulfide) groups is 1. The van der Waals surface area contributed by atoms with E-state index in [-0.39, 0.29) is 0 Å². The van der Waals surface area contributed by atoms with Gasteiger partial charge in [-0.3, -0.25) is 0 Å². The van der Waals surface area contributed by atoms with E-state index >= 15 is 0 Å². The van der Waals surface area contributed by atoms with Gasteiger partial charge >= 0.3 is 0 Å². The van der Waals surface area contributed by atoms with Crippen LogP contribution in [0.2, 0.25) is 0 Å². The van der Waals surface area contributed by atoms with E-state index in [0.717, 1.165) is 11.4 Å². The molecule has 0 aliphatic rings. The van der Waals surface area contributed by atoms with Crippen LogP contribution in [0.5, 0.6) is 11.5 Å². The average Bonchev–Trinajstić information content (AvgIpc) is 2.29. The Hall–Kier alpha value is -1.36. The molecule has 0 saturated heterocycles. The number of benzene rings is 1. The molecule has 88 valence electrons. The summed E-state index contributed by atoms with van der Waals surface area (Å²) in [4.78, 5) is 4.25. The van der Waals surface area contributed by atoms with Crippen molar-refractivity contribution < 1.29 is 9.47 Å². The molecule has 0 atom stereocenters. The van der Waals surface area contributed by atoms with Crippen molar-refractivity contribution >= 4 is 22.6 Å². The summed E-state index contributed by atoms with van der Waals surface area (Å²) < 4.78 is 10.3. The van der Waals surface area contributed by atoms with Gasteiger partial charge in [0.05, 0.1) is 19.9 Å². The highest BCUT2D eigenvalue weighted by Gasteiger charge is 2.04. The topological polar surface area (TPSA) is 56.8 Å². The highest BCUT2D eigenvalue weighted by atomic mass is 32.2.